The largest absolute Gasteiger partial charge is 0.332 e. The van der Waals surface area contributed by atoms with Crippen molar-refractivity contribution in [3.05, 3.63) is 28.6 Å². The van der Waals surface area contributed by atoms with Crippen molar-refractivity contribution >= 4 is 27.5 Å². The lowest BCUT2D eigenvalue weighted by atomic mass is 10.3. The van der Waals surface area contributed by atoms with Gasteiger partial charge in [-0.1, -0.05) is 12.1 Å². The summed E-state index contributed by atoms with van der Waals surface area (Å²) in [4.78, 5) is 8.37. The Labute approximate surface area is 106 Å². The summed E-state index contributed by atoms with van der Waals surface area (Å²) in [5, 5.41) is 3.60. The van der Waals surface area contributed by atoms with Crippen LogP contribution in [0, 0.1) is 0 Å². The zero-order valence-electron chi connectivity index (χ0n) is 8.52. The molecule has 4 nitrogen and oxygen atoms in total. The SMILES string of the molecule is CCC(Cl)c1noc(-c2ncccc2Br)n1. The molecule has 0 saturated carbocycles. The molecule has 0 aliphatic rings. The fourth-order valence-electron chi connectivity index (χ4n) is 1.18. The molecule has 0 spiro atoms. The minimum Gasteiger partial charge on any atom is -0.332 e. The minimum atomic E-state index is -0.222. The molecule has 0 aliphatic heterocycles. The number of aromatic nitrogens is 3. The maximum absolute atomic E-state index is 6.01. The first-order chi connectivity index (χ1) is 7.72. The van der Waals surface area contributed by atoms with Crippen LogP contribution >= 0.6 is 27.5 Å². The third-order valence-corrected chi connectivity index (χ3v) is 3.19. The highest BCUT2D eigenvalue weighted by Crippen LogP contribution is 2.27. The van der Waals surface area contributed by atoms with Gasteiger partial charge in [0.15, 0.2) is 5.82 Å². The Hall–Kier alpha value is -0.940. The molecule has 2 aromatic heterocycles. The standard InChI is InChI=1S/C10H9BrClN3O/c1-2-7(12)9-14-10(16-15-9)8-6(11)4-3-5-13-8/h3-5,7H,2H2,1H3. The topological polar surface area (TPSA) is 51.8 Å². The summed E-state index contributed by atoms with van der Waals surface area (Å²) in [7, 11) is 0. The molecule has 2 rings (SSSR count). The van der Waals surface area contributed by atoms with Crippen LogP contribution in [0.2, 0.25) is 0 Å². The monoisotopic (exact) mass is 301 g/mol. The lowest BCUT2D eigenvalue weighted by Crippen LogP contribution is -1.91. The molecule has 16 heavy (non-hydrogen) atoms. The van der Waals surface area contributed by atoms with Crippen LogP contribution in [-0.2, 0) is 0 Å². The molecule has 0 aliphatic carbocycles. The lowest BCUT2D eigenvalue weighted by molar-refractivity contribution is 0.420. The van der Waals surface area contributed by atoms with Crippen LogP contribution < -0.4 is 0 Å². The van der Waals surface area contributed by atoms with Gasteiger partial charge in [0, 0.05) is 10.7 Å². The van der Waals surface area contributed by atoms with Gasteiger partial charge in [-0.3, -0.25) is 0 Å². The van der Waals surface area contributed by atoms with Crippen LogP contribution in [0.15, 0.2) is 27.3 Å². The summed E-state index contributed by atoms with van der Waals surface area (Å²) in [6.45, 7) is 1.96. The van der Waals surface area contributed by atoms with Crippen molar-refractivity contribution in [3.63, 3.8) is 0 Å². The number of hydrogen-bond acceptors (Lipinski definition) is 4. The Morgan fingerprint density at radius 2 is 2.38 bits per heavy atom. The van der Waals surface area contributed by atoms with E-state index >= 15 is 0 Å². The zero-order valence-corrected chi connectivity index (χ0v) is 10.9. The van der Waals surface area contributed by atoms with Gasteiger partial charge in [-0.25, -0.2) is 4.98 Å². The van der Waals surface area contributed by atoms with Crippen LogP contribution in [0.3, 0.4) is 0 Å². The van der Waals surface area contributed by atoms with E-state index in [-0.39, 0.29) is 5.38 Å². The van der Waals surface area contributed by atoms with Crippen molar-refractivity contribution in [3.8, 4) is 11.6 Å². The summed E-state index contributed by atoms with van der Waals surface area (Å²) in [5.41, 5.74) is 0.626. The van der Waals surface area contributed by atoms with E-state index in [1.165, 1.54) is 0 Å². The smallest absolute Gasteiger partial charge is 0.277 e. The highest BCUT2D eigenvalue weighted by Gasteiger charge is 2.17. The van der Waals surface area contributed by atoms with E-state index in [1.807, 2.05) is 19.1 Å². The van der Waals surface area contributed by atoms with Crippen LogP contribution in [0.5, 0.6) is 0 Å². The van der Waals surface area contributed by atoms with Gasteiger partial charge in [-0.05, 0) is 34.5 Å². The van der Waals surface area contributed by atoms with E-state index < -0.39 is 0 Å². The van der Waals surface area contributed by atoms with Gasteiger partial charge in [0.05, 0.1) is 5.38 Å². The number of halogens is 2. The summed E-state index contributed by atoms with van der Waals surface area (Å²) >= 11 is 9.39. The van der Waals surface area contributed by atoms with E-state index in [1.54, 1.807) is 6.20 Å². The molecule has 1 atom stereocenters. The first kappa shape index (κ1) is 11.5. The Kier molecular flexibility index (Phi) is 3.56. The molecule has 0 bridgehead atoms. The van der Waals surface area contributed by atoms with E-state index in [0.29, 0.717) is 17.4 Å². The maximum Gasteiger partial charge on any atom is 0.277 e. The highest BCUT2D eigenvalue weighted by molar-refractivity contribution is 9.10. The third kappa shape index (κ3) is 2.25. The minimum absolute atomic E-state index is 0.222. The molecule has 0 aromatic carbocycles. The molecule has 0 N–H and O–H groups in total. The van der Waals surface area contributed by atoms with E-state index in [0.717, 1.165) is 10.9 Å². The molecule has 2 heterocycles. The van der Waals surface area contributed by atoms with Crippen LogP contribution in [0.4, 0.5) is 0 Å². The first-order valence-corrected chi connectivity index (χ1v) is 6.04. The molecule has 0 amide bonds. The number of alkyl halides is 1. The molecule has 84 valence electrons. The normalized spacial score (nSPS) is 12.7. The molecular formula is C10H9BrClN3O. The predicted molar refractivity (Wildman–Crippen MR) is 64.1 cm³/mol. The summed E-state index contributed by atoms with van der Waals surface area (Å²) in [6, 6.07) is 3.69. The molecule has 2 aromatic rings. The highest BCUT2D eigenvalue weighted by atomic mass is 79.9. The Bertz CT molecular complexity index is 488. The number of hydrogen-bond donors (Lipinski definition) is 0. The van der Waals surface area contributed by atoms with Gasteiger partial charge >= 0.3 is 0 Å². The van der Waals surface area contributed by atoms with Gasteiger partial charge in [-0.2, -0.15) is 4.98 Å². The van der Waals surface area contributed by atoms with Gasteiger partial charge in [0.1, 0.15) is 5.69 Å². The fraction of sp³-hybridized carbons (Fsp3) is 0.300. The first-order valence-electron chi connectivity index (χ1n) is 4.81. The van der Waals surface area contributed by atoms with E-state index in [4.69, 9.17) is 16.1 Å². The van der Waals surface area contributed by atoms with Crippen molar-refractivity contribution in [2.24, 2.45) is 0 Å². The van der Waals surface area contributed by atoms with Crippen molar-refractivity contribution in [2.75, 3.05) is 0 Å². The molecule has 0 saturated heterocycles. The Morgan fingerprint density at radius 3 is 3.06 bits per heavy atom. The molecule has 0 radical (unpaired) electrons. The number of rotatable bonds is 3. The van der Waals surface area contributed by atoms with Crippen LogP contribution in [0.1, 0.15) is 24.5 Å². The van der Waals surface area contributed by atoms with E-state index in [9.17, 15) is 0 Å². The maximum atomic E-state index is 6.01. The molecular weight excluding hydrogens is 293 g/mol. The third-order valence-electron chi connectivity index (χ3n) is 2.04. The average Bonchev–Trinajstić information content (AvgIpc) is 2.78. The summed E-state index contributed by atoms with van der Waals surface area (Å²) in [6.07, 6.45) is 2.42. The molecule has 1 unspecified atom stereocenters. The second-order valence-electron chi connectivity index (χ2n) is 3.17. The second-order valence-corrected chi connectivity index (χ2v) is 4.55. The molecule has 6 heteroatoms. The van der Waals surface area contributed by atoms with Crippen molar-refractivity contribution in [1.82, 2.24) is 15.1 Å². The van der Waals surface area contributed by atoms with Gasteiger partial charge in [0.2, 0.25) is 0 Å². The van der Waals surface area contributed by atoms with E-state index in [2.05, 4.69) is 31.1 Å². The Balaban J connectivity index is 2.35. The fourth-order valence-corrected chi connectivity index (χ4v) is 1.70. The van der Waals surface area contributed by atoms with Crippen molar-refractivity contribution in [2.45, 2.75) is 18.7 Å². The Morgan fingerprint density at radius 1 is 1.56 bits per heavy atom. The number of nitrogens with zero attached hydrogens (tertiary/aromatic N) is 3. The van der Waals surface area contributed by atoms with Crippen molar-refractivity contribution in [1.29, 1.82) is 0 Å². The lowest BCUT2D eigenvalue weighted by Gasteiger charge is -1.97. The average molecular weight is 303 g/mol. The summed E-state index contributed by atoms with van der Waals surface area (Å²) in [5.74, 6) is 0.873. The predicted octanol–water partition coefficient (Wildman–Crippen LogP) is 3.58. The van der Waals surface area contributed by atoms with Crippen LogP contribution in [-0.4, -0.2) is 15.1 Å². The quantitative estimate of drug-likeness (QED) is 0.813. The van der Waals surface area contributed by atoms with Gasteiger partial charge in [0.25, 0.3) is 5.89 Å². The van der Waals surface area contributed by atoms with Gasteiger partial charge in [-0.15, -0.1) is 11.6 Å². The number of pyridine rings is 1. The molecule has 0 fully saturated rings. The summed E-state index contributed by atoms with van der Waals surface area (Å²) < 4.78 is 5.93. The van der Waals surface area contributed by atoms with Crippen molar-refractivity contribution < 1.29 is 4.52 Å². The zero-order chi connectivity index (χ0) is 11.5. The van der Waals surface area contributed by atoms with Gasteiger partial charge < -0.3 is 4.52 Å². The van der Waals surface area contributed by atoms with Crippen LogP contribution in [0.25, 0.3) is 11.6 Å². The second kappa shape index (κ2) is 4.93.